The molecule has 0 bridgehead atoms. The summed E-state index contributed by atoms with van der Waals surface area (Å²) in [7, 11) is 3.45. The van der Waals surface area contributed by atoms with Crippen LogP contribution in [0.3, 0.4) is 0 Å². The number of hydrogen-bond donors (Lipinski definition) is 0. The molecule has 182 valence electrons. The molecule has 0 saturated carbocycles. The summed E-state index contributed by atoms with van der Waals surface area (Å²) in [4.78, 5) is 19.2. The van der Waals surface area contributed by atoms with Crippen molar-refractivity contribution in [2.24, 2.45) is 5.16 Å². The van der Waals surface area contributed by atoms with Gasteiger partial charge in [0.15, 0.2) is 0 Å². The second-order valence-corrected chi connectivity index (χ2v) is 15.3. The first-order valence-corrected chi connectivity index (χ1v) is 15.8. The zero-order valence-electron chi connectivity index (χ0n) is 20.0. The van der Waals surface area contributed by atoms with Gasteiger partial charge in [-0.25, -0.2) is 4.79 Å². The monoisotopic (exact) mass is 504 g/mol. The van der Waals surface area contributed by atoms with Crippen LogP contribution in [0.4, 0.5) is 4.79 Å². The molecule has 0 radical (unpaired) electrons. The lowest BCUT2D eigenvalue weighted by Crippen LogP contribution is -2.28. The fourth-order valence-electron chi connectivity index (χ4n) is 2.78. The maximum atomic E-state index is 13.3. The minimum atomic E-state index is -2.58. The number of amides is 1. The van der Waals surface area contributed by atoms with Crippen LogP contribution in [0.15, 0.2) is 34.3 Å². The average Bonchev–Trinajstić information content (AvgIpc) is 2.79. The summed E-state index contributed by atoms with van der Waals surface area (Å²) < 4.78 is 31.4. The van der Waals surface area contributed by atoms with Gasteiger partial charge in [0.25, 0.3) is 5.90 Å². The number of nitrogens with zero attached hydrogens (tertiary/aromatic N) is 2. The highest BCUT2D eigenvalue weighted by Gasteiger charge is 2.32. The van der Waals surface area contributed by atoms with Gasteiger partial charge in [-0.3, -0.25) is 4.21 Å². The highest BCUT2D eigenvalue weighted by Crippen LogP contribution is 2.63. The predicted molar refractivity (Wildman–Crippen MR) is 135 cm³/mol. The summed E-state index contributed by atoms with van der Waals surface area (Å²) >= 11 is 1.25. The molecule has 0 aliphatic rings. The van der Waals surface area contributed by atoms with Crippen LogP contribution in [0.25, 0.3) is 0 Å². The molecule has 0 heterocycles. The van der Waals surface area contributed by atoms with Crippen LogP contribution in [-0.4, -0.2) is 60.4 Å². The number of ether oxygens (including phenoxy) is 1. The maximum Gasteiger partial charge on any atom is 0.415 e. The lowest BCUT2D eigenvalue weighted by Gasteiger charge is -2.23. The topological polar surface area (TPSA) is 85.3 Å². The number of hydrogen-bond acceptors (Lipinski definition) is 7. The van der Waals surface area contributed by atoms with Gasteiger partial charge in [-0.15, -0.1) is 0 Å². The lowest BCUT2D eigenvalue weighted by atomic mass is 10.1. The van der Waals surface area contributed by atoms with E-state index in [9.17, 15) is 13.6 Å². The van der Waals surface area contributed by atoms with Crippen LogP contribution in [0, 0.1) is 0 Å². The number of oxime groups is 1. The Hall–Kier alpha value is -1.31. The predicted octanol–water partition coefficient (Wildman–Crippen LogP) is 6.12. The second-order valence-electron chi connectivity index (χ2n) is 7.49. The average molecular weight is 505 g/mol. The van der Waals surface area contributed by atoms with Crippen molar-refractivity contribution in [2.45, 2.75) is 56.6 Å². The molecular weight excluding hydrogens is 467 g/mol. The molecule has 0 N–H and O–H groups in total. The molecule has 0 saturated heterocycles. The standard InChI is InChI=1S/C22H37N2O5PS2/c1-7-10-11-12-17-32(27)19-15-13-18(14-16-19)20(31-30(26,8-2)9-3)21(23-28-6)29-22(25)24(4)5/h13-16,20H,7-12,17H2,1-6H3/t20?,32-/m0/s1. The van der Waals surface area contributed by atoms with Crippen molar-refractivity contribution in [2.75, 3.05) is 39.3 Å². The van der Waals surface area contributed by atoms with Crippen molar-refractivity contribution in [3.8, 4) is 0 Å². The Balaban J connectivity index is 3.21. The fourth-order valence-corrected chi connectivity index (χ4v) is 8.19. The molecule has 0 spiro atoms. The van der Waals surface area contributed by atoms with Gasteiger partial charge >= 0.3 is 6.09 Å². The minimum absolute atomic E-state index is 0.0340. The number of carbonyl (C=O) groups is 1. The van der Waals surface area contributed by atoms with E-state index in [-0.39, 0.29) is 5.90 Å². The Bertz CT molecular complexity index is 807. The highest BCUT2D eigenvalue weighted by molar-refractivity contribution is 8.58. The number of rotatable bonds is 13. The second kappa shape index (κ2) is 14.8. The normalized spacial score (nSPS) is 14.0. The quantitative estimate of drug-likeness (QED) is 0.106. The third-order valence-corrected chi connectivity index (χ3v) is 12.6. The Kier molecular flexibility index (Phi) is 13.2. The minimum Gasteiger partial charge on any atom is -0.396 e. The van der Waals surface area contributed by atoms with Crippen LogP contribution in [0.2, 0.25) is 0 Å². The van der Waals surface area contributed by atoms with E-state index in [0.29, 0.717) is 18.1 Å². The summed E-state index contributed by atoms with van der Waals surface area (Å²) in [6.45, 7) is 5.92. The van der Waals surface area contributed by atoms with Crippen molar-refractivity contribution in [3.05, 3.63) is 29.8 Å². The van der Waals surface area contributed by atoms with Crippen molar-refractivity contribution >= 4 is 40.5 Å². The molecule has 1 unspecified atom stereocenters. The lowest BCUT2D eigenvalue weighted by molar-refractivity contribution is 0.156. The highest BCUT2D eigenvalue weighted by atomic mass is 32.7. The molecule has 10 heteroatoms. The van der Waals surface area contributed by atoms with Gasteiger partial charge in [-0.05, 0) is 24.1 Å². The van der Waals surface area contributed by atoms with E-state index < -0.39 is 28.5 Å². The third kappa shape index (κ3) is 9.28. The van der Waals surface area contributed by atoms with E-state index in [1.165, 1.54) is 23.4 Å². The van der Waals surface area contributed by atoms with Gasteiger partial charge in [0.05, 0.1) is 10.8 Å². The van der Waals surface area contributed by atoms with Gasteiger partial charge < -0.3 is 19.0 Å². The molecule has 1 aromatic rings. The summed E-state index contributed by atoms with van der Waals surface area (Å²) in [5, 5.41) is 3.34. The Morgan fingerprint density at radius 1 is 1.12 bits per heavy atom. The van der Waals surface area contributed by atoms with Crippen molar-refractivity contribution in [1.29, 1.82) is 0 Å². The van der Waals surface area contributed by atoms with E-state index in [0.717, 1.165) is 36.1 Å². The Morgan fingerprint density at radius 3 is 2.25 bits per heavy atom. The molecule has 1 amide bonds. The molecule has 1 aromatic carbocycles. The van der Waals surface area contributed by atoms with Crippen molar-refractivity contribution < 1.29 is 23.1 Å². The first-order chi connectivity index (χ1) is 15.2. The van der Waals surface area contributed by atoms with Gasteiger partial charge in [-0.1, -0.05) is 68.7 Å². The molecule has 1 rings (SSSR count). The van der Waals surface area contributed by atoms with E-state index in [4.69, 9.17) is 9.57 Å². The van der Waals surface area contributed by atoms with E-state index in [2.05, 4.69) is 12.1 Å². The van der Waals surface area contributed by atoms with Crippen LogP contribution >= 0.6 is 17.7 Å². The zero-order chi connectivity index (χ0) is 24.1. The molecule has 2 atom stereocenters. The molecular formula is C22H37N2O5PS2. The summed E-state index contributed by atoms with van der Waals surface area (Å²) in [6, 6.07) is 7.31. The summed E-state index contributed by atoms with van der Waals surface area (Å²) in [5.41, 5.74) is 0.756. The Labute approximate surface area is 199 Å². The van der Waals surface area contributed by atoms with Crippen LogP contribution in [0.5, 0.6) is 0 Å². The number of benzene rings is 1. The smallest absolute Gasteiger partial charge is 0.396 e. The van der Waals surface area contributed by atoms with Crippen LogP contribution < -0.4 is 0 Å². The van der Waals surface area contributed by atoms with E-state index in [1.807, 2.05) is 38.1 Å². The molecule has 0 aromatic heterocycles. The van der Waals surface area contributed by atoms with Gasteiger partial charge in [0.1, 0.15) is 18.7 Å². The molecule has 0 aliphatic heterocycles. The first kappa shape index (κ1) is 28.7. The maximum absolute atomic E-state index is 13.3. The molecule has 0 aliphatic carbocycles. The number of carbonyl (C=O) groups excluding carboxylic acids is 1. The van der Waals surface area contributed by atoms with Crippen LogP contribution in [0.1, 0.15) is 57.3 Å². The van der Waals surface area contributed by atoms with Crippen molar-refractivity contribution in [3.63, 3.8) is 0 Å². The molecule has 32 heavy (non-hydrogen) atoms. The van der Waals surface area contributed by atoms with E-state index >= 15 is 0 Å². The van der Waals surface area contributed by atoms with Gasteiger partial charge in [0.2, 0.25) is 0 Å². The van der Waals surface area contributed by atoms with Gasteiger partial charge in [0, 0.05) is 37.1 Å². The van der Waals surface area contributed by atoms with E-state index in [1.54, 1.807) is 14.1 Å². The number of unbranched alkanes of at least 4 members (excludes halogenated alkanes) is 3. The SMILES string of the molecule is CCCCCC[S@](=O)c1ccc(C(SP(=O)(CC)CC)C(=NOC)OC(=O)N(C)C)cc1. The fraction of sp³-hybridized carbons (Fsp3) is 0.636. The first-order valence-electron chi connectivity index (χ1n) is 11.0. The molecule has 0 fully saturated rings. The van der Waals surface area contributed by atoms with Gasteiger partial charge in [-0.2, -0.15) is 0 Å². The van der Waals surface area contributed by atoms with Crippen LogP contribution in [-0.2, 0) is 24.9 Å². The third-order valence-electron chi connectivity index (χ3n) is 4.85. The summed E-state index contributed by atoms with van der Waals surface area (Å²) in [6.07, 6.45) is 2.13. The zero-order valence-corrected chi connectivity index (χ0v) is 22.6. The Morgan fingerprint density at radius 2 is 1.75 bits per heavy atom. The molecule has 7 nitrogen and oxygen atoms in total. The van der Waals surface area contributed by atoms with Crippen molar-refractivity contribution in [1.82, 2.24) is 4.90 Å². The summed E-state index contributed by atoms with van der Waals surface area (Å²) in [5.74, 6) is 0.668. The largest absolute Gasteiger partial charge is 0.415 e.